The van der Waals surface area contributed by atoms with Crippen LogP contribution in [0, 0.1) is 11.6 Å². The van der Waals surface area contributed by atoms with E-state index < -0.39 is 35.1 Å². The molecule has 0 bridgehead atoms. The molecule has 1 aliphatic heterocycles. The number of ketones is 1. The van der Waals surface area contributed by atoms with Gasteiger partial charge in [-0.1, -0.05) is 23.5 Å². The summed E-state index contributed by atoms with van der Waals surface area (Å²) in [4.78, 5) is 35.7. The van der Waals surface area contributed by atoms with Crippen LogP contribution in [0.3, 0.4) is 0 Å². The van der Waals surface area contributed by atoms with Crippen molar-refractivity contribution in [1.82, 2.24) is 9.97 Å². The number of carbonyl (C=O) groups is 2. The Morgan fingerprint density at radius 3 is 2.55 bits per heavy atom. The number of benzene rings is 2. The van der Waals surface area contributed by atoms with E-state index in [1.54, 1.807) is 5.38 Å². The first-order chi connectivity index (χ1) is 14.9. The summed E-state index contributed by atoms with van der Waals surface area (Å²) >= 11 is 2.12. The molecule has 0 saturated heterocycles. The molecule has 154 valence electrons. The molecular formula is C21H11F2N3O3S2. The fraction of sp³-hybridized carbons (Fsp3) is 0.0476. The lowest BCUT2D eigenvalue weighted by Crippen LogP contribution is -2.31. The molecule has 2 aromatic carbocycles. The average molecular weight is 455 g/mol. The van der Waals surface area contributed by atoms with E-state index in [0.717, 1.165) is 22.7 Å². The summed E-state index contributed by atoms with van der Waals surface area (Å²) in [6.45, 7) is 0. The van der Waals surface area contributed by atoms with Crippen LogP contribution >= 0.6 is 22.7 Å². The van der Waals surface area contributed by atoms with E-state index in [4.69, 9.17) is 0 Å². The highest BCUT2D eigenvalue weighted by molar-refractivity contribution is 7.22. The largest absolute Gasteiger partial charge is 0.503 e. The van der Waals surface area contributed by atoms with Crippen molar-refractivity contribution >= 4 is 49.7 Å². The number of Topliss-reactive ketones (excluding diaryl/α,β-unsaturated/α-hetero) is 1. The minimum Gasteiger partial charge on any atom is -0.503 e. The molecule has 0 radical (unpaired) electrons. The maximum Gasteiger partial charge on any atom is 0.296 e. The van der Waals surface area contributed by atoms with Crippen molar-refractivity contribution in [3.8, 4) is 0 Å². The molecule has 4 aromatic rings. The van der Waals surface area contributed by atoms with Crippen LogP contribution in [0.25, 0.3) is 10.2 Å². The third kappa shape index (κ3) is 3.20. The maximum atomic E-state index is 13.6. The summed E-state index contributed by atoms with van der Waals surface area (Å²) in [5, 5.41) is 12.5. The van der Waals surface area contributed by atoms with E-state index in [-0.39, 0.29) is 15.7 Å². The lowest BCUT2D eigenvalue weighted by atomic mass is 9.96. The molecule has 2 aromatic heterocycles. The Bertz CT molecular complexity index is 1360. The van der Waals surface area contributed by atoms with E-state index in [9.17, 15) is 23.5 Å². The van der Waals surface area contributed by atoms with Crippen molar-refractivity contribution in [2.24, 2.45) is 0 Å². The first-order valence-corrected chi connectivity index (χ1v) is 10.7. The lowest BCUT2D eigenvalue weighted by molar-refractivity contribution is -0.117. The average Bonchev–Trinajstić information content (AvgIpc) is 3.47. The Balaban J connectivity index is 1.68. The SMILES string of the molecule is O=C(C1=C(O)C(=O)N(c2nc3ccc(F)cc3s2)C1c1ccc(F)cc1)c1nccs1. The summed E-state index contributed by atoms with van der Waals surface area (Å²) < 4.78 is 27.7. The lowest BCUT2D eigenvalue weighted by Gasteiger charge is -2.24. The van der Waals surface area contributed by atoms with Gasteiger partial charge in [0.05, 0.1) is 21.8 Å². The second-order valence-electron chi connectivity index (χ2n) is 6.67. The second-order valence-corrected chi connectivity index (χ2v) is 8.57. The van der Waals surface area contributed by atoms with Crippen LogP contribution in [0.4, 0.5) is 13.9 Å². The van der Waals surface area contributed by atoms with Crippen molar-refractivity contribution < 1.29 is 23.5 Å². The van der Waals surface area contributed by atoms with Gasteiger partial charge in [0.25, 0.3) is 5.91 Å². The highest BCUT2D eigenvalue weighted by atomic mass is 32.1. The predicted octanol–water partition coefficient (Wildman–Crippen LogP) is 4.81. The Hall–Kier alpha value is -3.50. The van der Waals surface area contributed by atoms with Crippen LogP contribution in [0.5, 0.6) is 0 Å². The van der Waals surface area contributed by atoms with Crippen LogP contribution in [0.2, 0.25) is 0 Å². The van der Waals surface area contributed by atoms with Gasteiger partial charge < -0.3 is 5.11 Å². The van der Waals surface area contributed by atoms with Gasteiger partial charge in [0.1, 0.15) is 11.6 Å². The Labute approximate surface area is 181 Å². The number of aromatic nitrogens is 2. The van der Waals surface area contributed by atoms with Crippen LogP contribution in [0.15, 0.2) is 65.4 Å². The van der Waals surface area contributed by atoms with Crippen molar-refractivity contribution in [3.63, 3.8) is 0 Å². The third-order valence-electron chi connectivity index (χ3n) is 4.81. The minimum atomic E-state index is -1.05. The third-order valence-corrected chi connectivity index (χ3v) is 6.60. The highest BCUT2D eigenvalue weighted by Crippen LogP contribution is 2.44. The first kappa shape index (κ1) is 19.5. The topological polar surface area (TPSA) is 83.4 Å². The molecule has 31 heavy (non-hydrogen) atoms. The first-order valence-electron chi connectivity index (χ1n) is 8.96. The normalized spacial score (nSPS) is 16.5. The van der Waals surface area contributed by atoms with Gasteiger partial charge in [0, 0.05) is 11.6 Å². The summed E-state index contributed by atoms with van der Waals surface area (Å²) in [5.41, 5.74) is 0.701. The number of halogens is 2. The number of hydrogen-bond acceptors (Lipinski definition) is 7. The smallest absolute Gasteiger partial charge is 0.296 e. The molecule has 1 N–H and O–H groups in total. The van der Waals surface area contributed by atoms with E-state index >= 15 is 0 Å². The van der Waals surface area contributed by atoms with Gasteiger partial charge in [-0.15, -0.1) is 11.3 Å². The number of aliphatic hydroxyl groups excluding tert-OH is 1. The van der Waals surface area contributed by atoms with Crippen LogP contribution in [0.1, 0.15) is 21.4 Å². The molecule has 1 aliphatic rings. The molecular weight excluding hydrogens is 444 g/mol. The maximum absolute atomic E-state index is 13.6. The van der Waals surface area contributed by atoms with E-state index in [1.165, 1.54) is 53.6 Å². The number of rotatable bonds is 4. The van der Waals surface area contributed by atoms with E-state index in [0.29, 0.717) is 15.8 Å². The molecule has 0 spiro atoms. The van der Waals surface area contributed by atoms with Crippen molar-refractivity contribution in [2.75, 3.05) is 4.90 Å². The number of hydrogen-bond donors (Lipinski definition) is 1. The zero-order valence-electron chi connectivity index (χ0n) is 15.5. The summed E-state index contributed by atoms with van der Waals surface area (Å²) in [6.07, 6.45) is 1.44. The molecule has 0 fully saturated rings. The molecule has 6 nitrogen and oxygen atoms in total. The van der Waals surface area contributed by atoms with E-state index in [1.807, 2.05) is 0 Å². The van der Waals surface area contributed by atoms with Gasteiger partial charge in [-0.25, -0.2) is 18.7 Å². The monoisotopic (exact) mass is 455 g/mol. The predicted molar refractivity (Wildman–Crippen MR) is 112 cm³/mol. The van der Waals surface area contributed by atoms with Gasteiger partial charge in [0.15, 0.2) is 15.9 Å². The van der Waals surface area contributed by atoms with Gasteiger partial charge in [-0.05, 0) is 35.9 Å². The summed E-state index contributed by atoms with van der Waals surface area (Å²) in [6, 6.07) is 8.24. The Morgan fingerprint density at radius 2 is 1.84 bits per heavy atom. The van der Waals surface area contributed by atoms with Crippen molar-refractivity contribution in [2.45, 2.75) is 6.04 Å². The number of anilines is 1. The number of fused-ring (bicyclic) bond motifs is 1. The summed E-state index contributed by atoms with van der Waals surface area (Å²) in [5.74, 6) is -3.10. The Kier molecular flexibility index (Phi) is 4.60. The quantitative estimate of drug-likeness (QED) is 0.447. The standard InChI is InChI=1S/C21H11F2N3O3S2/c22-11-3-1-10(2-4-11)16-15(17(27)19-24-7-8-30-19)18(28)20(29)26(16)21-25-13-6-5-12(23)9-14(13)31-21/h1-9,16,28H. The van der Waals surface area contributed by atoms with Crippen LogP contribution in [-0.4, -0.2) is 26.8 Å². The van der Waals surface area contributed by atoms with Gasteiger partial charge in [-0.3, -0.25) is 14.5 Å². The molecule has 1 unspecified atom stereocenters. The van der Waals surface area contributed by atoms with Gasteiger partial charge in [0.2, 0.25) is 5.78 Å². The molecule has 5 rings (SSSR count). The van der Waals surface area contributed by atoms with Crippen molar-refractivity contribution in [3.05, 3.63) is 87.6 Å². The zero-order valence-corrected chi connectivity index (χ0v) is 17.1. The number of nitrogens with zero attached hydrogens (tertiary/aromatic N) is 3. The number of carbonyl (C=O) groups excluding carboxylic acids is 2. The molecule has 3 heterocycles. The molecule has 0 aliphatic carbocycles. The number of amides is 1. The van der Waals surface area contributed by atoms with Crippen LogP contribution in [-0.2, 0) is 4.79 Å². The molecule has 10 heteroatoms. The fourth-order valence-electron chi connectivity index (χ4n) is 3.44. The van der Waals surface area contributed by atoms with Gasteiger partial charge in [-0.2, -0.15) is 0 Å². The molecule has 1 amide bonds. The molecule has 0 saturated carbocycles. The molecule has 1 atom stereocenters. The second kappa shape index (κ2) is 7.33. The minimum absolute atomic E-state index is 0.106. The van der Waals surface area contributed by atoms with Crippen LogP contribution < -0.4 is 4.90 Å². The van der Waals surface area contributed by atoms with Gasteiger partial charge >= 0.3 is 0 Å². The highest BCUT2D eigenvalue weighted by Gasteiger charge is 2.46. The number of thiazole rings is 2. The summed E-state index contributed by atoms with van der Waals surface area (Å²) in [7, 11) is 0. The van der Waals surface area contributed by atoms with Crippen molar-refractivity contribution in [1.29, 1.82) is 0 Å². The fourth-order valence-corrected chi connectivity index (χ4v) is 5.04. The Morgan fingerprint density at radius 1 is 1.10 bits per heavy atom. The number of aliphatic hydroxyl groups is 1. The van der Waals surface area contributed by atoms with E-state index in [2.05, 4.69) is 9.97 Å². The zero-order chi connectivity index (χ0) is 21.7.